The number of methoxy groups -OCH3 is 1. The van der Waals surface area contributed by atoms with Gasteiger partial charge in [-0.3, -0.25) is 0 Å². The van der Waals surface area contributed by atoms with Crippen LogP contribution in [0.4, 0.5) is 17.3 Å². The zero-order chi connectivity index (χ0) is 16.8. The summed E-state index contributed by atoms with van der Waals surface area (Å²) in [6.45, 7) is 2.26. The molecule has 0 spiro atoms. The third-order valence-electron chi connectivity index (χ3n) is 3.60. The Kier molecular flexibility index (Phi) is 5.17. The van der Waals surface area contributed by atoms with Crippen molar-refractivity contribution in [3.8, 4) is 11.5 Å². The predicted octanol–water partition coefficient (Wildman–Crippen LogP) is 1.85. The molecule has 2 heterocycles. The van der Waals surface area contributed by atoms with Gasteiger partial charge in [-0.2, -0.15) is 0 Å². The Bertz CT molecular complexity index is 695. The summed E-state index contributed by atoms with van der Waals surface area (Å²) in [6, 6.07) is 5.81. The number of nitrogens with one attached hydrogen (secondary N) is 2. The first-order chi connectivity index (χ1) is 11.8. The molecule has 0 saturated heterocycles. The highest BCUT2D eigenvalue weighted by Crippen LogP contribution is 2.32. The first kappa shape index (κ1) is 16.1. The lowest BCUT2D eigenvalue weighted by Crippen LogP contribution is -2.11. The molecule has 8 nitrogen and oxygen atoms in total. The highest BCUT2D eigenvalue weighted by Gasteiger charge is 2.13. The van der Waals surface area contributed by atoms with Gasteiger partial charge in [0.2, 0.25) is 6.79 Å². The molecular weight excluding hydrogens is 310 g/mol. The molecule has 2 aromatic rings. The predicted molar refractivity (Wildman–Crippen MR) is 91.3 cm³/mol. The van der Waals surface area contributed by atoms with Crippen molar-refractivity contribution in [3.63, 3.8) is 0 Å². The van der Waals surface area contributed by atoms with Gasteiger partial charge in [-0.25, -0.2) is 9.97 Å². The third kappa shape index (κ3) is 3.77. The number of hydrogen-bond acceptors (Lipinski definition) is 8. The van der Waals surface area contributed by atoms with E-state index in [0.29, 0.717) is 30.5 Å². The summed E-state index contributed by atoms with van der Waals surface area (Å²) in [5.74, 6) is 2.74. The van der Waals surface area contributed by atoms with E-state index in [1.807, 2.05) is 18.2 Å². The molecule has 0 saturated carbocycles. The fourth-order valence-corrected chi connectivity index (χ4v) is 2.34. The van der Waals surface area contributed by atoms with Crippen LogP contribution in [0.15, 0.2) is 24.5 Å². The Balaban J connectivity index is 1.60. The molecule has 3 rings (SSSR count). The highest BCUT2D eigenvalue weighted by atomic mass is 16.7. The van der Waals surface area contributed by atoms with Gasteiger partial charge >= 0.3 is 0 Å². The molecular formula is C16H21N5O3. The van der Waals surface area contributed by atoms with Gasteiger partial charge in [-0.15, -0.1) is 0 Å². The molecule has 1 aromatic heterocycles. The van der Waals surface area contributed by atoms with Crippen molar-refractivity contribution in [1.29, 1.82) is 0 Å². The summed E-state index contributed by atoms with van der Waals surface area (Å²) in [5, 5.41) is 6.41. The zero-order valence-electron chi connectivity index (χ0n) is 13.5. The number of rotatable bonds is 8. The van der Waals surface area contributed by atoms with Crippen LogP contribution in [0.5, 0.6) is 11.5 Å². The summed E-state index contributed by atoms with van der Waals surface area (Å²) in [5.41, 5.74) is 7.67. The first-order valence-electron chi connectivity index (χ1n) is 7.73. The Morgan fingerprint density at radius 3 is 2.79 bits per heavy atom. The number of ether oxygens (including phenoxy) is 3. The first-order valence-corrected chi connectivity index (χ1v) is 7.73. The second-order valence-corrected chi connectivity index (χ2v) is 5.30. The van der Waals surface area contributed by atoms with Crippen LogP contribution in [-0.4, -0.2) is 37.0 Å². The lowest BCUT2D eigenvalue weighted by atomic mass is 10.2. The van der Waals surface area contributed by atoms with Gasteiger partial charge in [-0.05, 0) is 24.1 Å². The fourth-order valence-electron chi connectivity index (χ4n) is 2.34. The third-order valence-corrected chi connectivity index (χ3v) is 3.60. The van der Waals surface area contributed by atoms with E-state index in [4.69, 9.17) is 19.9 Å². The average molecular weight is 331 g/mol. The van der Waals surface area contributed by atoms with Crippen LogP contribution in [0.1, 0.15) is 12.0 Å². The Morgan fingerprint density at radius 1 is 1.17 bits per heavy atom. The van der Waals surface area contributed by atoms with Crippen molar-refractivity contribution in [1.82, 2.24) is 9.97 Å². The van der Waals surface area contributed by atoms with Crippen LogP contribution in [-0.2, 0) is 11.3 Å². The standard InChI is InChI=1S/C16H21N5O3/c1-22-6-2-5-18-15-14(17)16(21-9-20-15)19-8-11-3-4-12-13(7-11)24-10-23-12/h3-4,7,9H,2,5-6,8,10,17H2,1H3,(H2,18,19,20,21). The lowest BCUT2D eigenvalue weighted by molar-refractivity contribution is 0.174. The number of aromatic nitrogens is 2. The van der Waals surface area contributed by atoms with Gasteiger partial charge in [0.1, 0.15) is 12.0 Å². The molecule has 128 valence electrons. The van der Waals surface area contributed by atoms with E-state index in [1.54, 1.807) is 7.11 Å². The molecule has 1 aliphatic rings. The van der Waals surface area contributed by atoms with Gasteiger partial charge in [-0.1, -0.05) is 6.07 Å². The molecule has 1 aromatic carbocycles. The van der Waals surface area contributed by atoms with Gasteiger partial charge in [0.25, 0.3) is 0 Å². The Hall–Kier alpha value is -2.74. The molecule has 0 unspecified atom stereocenters. The molecule has 1 aliphatic heterocycles. The maximum Gasteiger partial charge on any atom is 0.231 e. The summed E-state index contributed by atoms with van der Waals surface area (Å²) in [6.07, 6.45) is 2.36. The Morgan fingerprint density at radius 2 is 1.96 bits per heavy atom. The summed E-state index contributed by atoms with van der Waals surface area (Å²) in [4.78, 5) is 8.38. The number of nitrogens with zero attached hydrogens (tertiary/aromatic N) is 2. The fraction of sp³-hybridized carbons (Fsp3) is 0.375. The molecule has 0 fully saturated rings. The monoisotopic (exact) mass is 331 g/mol. The largest absolute Gasteiger partial charge is 0.454 e. The maximum atomic E-state index is 6.13. The van der Waals surface area contributed by atoms with Gasteiger partial charge in [0.05, 0.1) is 0 Å². The number of nitrogen functional groups attached to an aromatic ring is 1. The van der Waals surface area contributed by atoms with Crippen LogP contribution >= 0.6 is 0 Å². The van der Waals surface area contributed by atoms with Crippen molar-refractivity contribution in [3.05, 3.63) is 30.1 Å². The molecule has 0 bridgehead atoms. The molecule has 0 radical (unpaired) electrons. The SMILES string of the molecule is COCCCNc1ncnc(NCc2ccc3c(c2)OCO3)c1N. The van der Waals surface area contributed by atoms with Crippen LogP contribution in [0.25, 0.3) is 0 Å². The zero-order valence-corrected chi connectivity index (χ0v) is 13.5. The average Bonchev–Trinajstić information content (AvgIpc) is 3.06. The molecule has 0 aliphatic carbocycles. The second-order valence-electron chi connectivity index (χ2n) is 5.30. The minimum Gasteiger partial charge on any atom is -0.454 e. The highest BCUT2D eigenvalue weighted by molar-refractivity contribution is 5.74. The summed E-state index contributed by atoms with van der Waals surface area (Å²) in [7, 11) is 1.68. The lowest BCUT2D eigenvalue weighted by Gasteiger charge is -2.12. The van der Waals surface area contributed by atoms with Crippen molar-refractivity contribution in [2.75, 3.05) is 43.4 Å². The van der Waals surface area contributed by atoms with E-state index >= 15 is 0 Å². The molecule has 0 amide bonds. The molecule has 0 atom stereocenters. The quantitative estimate of drug-likeness (QED) is 0.630. The topological polar surface area (TPSA) is 104 Å². The Labute approximate surface area is 140 Å². The summed E-state index contributed by atoms with van der Waals surface area (Å²) < 4.78 is 15.7. The minimum atomic E-state index is 0.267. The van der Waals surface area contributed by atoms with Crippen molar-refractivity contribution < 1.29 is 14.2 Å². The summed E-state index contributed by atoms with van der Waals surface area (Å²) >= 11 is 0. The number of nitrogens with two attached hydrogens (primary N) is 1. The second kappa shape index (κ2) is 7.69. The van der Waals surface area contributed by atoms with E-state index < -0.39 is 0 Å². The van der Waals surface area contributed by atoms with Gasteiger partial charge in [0, 0.05) is 26.8 Å². The van der Waals surface area contributed by atoms with E-state index in [-0.39, 0.29) is 6.79 Å². The van der Waals surface area contributed by atoms with E-state index in [0.717, 1.165) is 30.0 Å². The van der Waals surface area contributed by atoms with Crippen LogP contribution < -0.4 is 25.8 Å². The molecule has 8 heteroatoms. The number of benzene rings is 1. The maximum absolute atomic E-state index is 6.13. The van der Waals surface area contributed by atoms with Crippen molar-refractivity contribution in [2.45, 2.75) is 13.0 Å². The normalized spacial score (nSPS) is 12.2. The van der Waals surface area contributed by atoms with Gasteiger partial charge in [0.15, 0.2) is 23.1 Å². The number of fused-ring (bicyclic) bond motifs is 1. The van der Waals surface area contributed by atoms with Crippen molar-refractivity contribution >= 4 is 17.3 Å². The van der Waals surface area contributed by atoms with E-state index in [9.17, 15) is 0 Å². The van der Waals surface area contributed by atoms with Crippen LogP contribution in [0.3, 0.4) is 0 Å². The molecule has 24 heavy (non-hydrogen) atoms. The smallest absolute Gasteiger partial charge is 0.231 e. The number of hydrogen-bond donors (Lipinski definition) is 3. The minimum absolute atomic E-state index is 0.267. The van der Waals surface area contributed by atoms with Crippen LogP contribution in [0.2, 0.25) is 0 Å². The van der Waals surface area contributed by atoms with Crippen LogP contribution in [0, 0.1) is 0 Å². The number of anilines is 3. The van der Waals surface area contributed by atoms with E-state index in [1.165, 1.54) is 6.33 Å². The van der Waals surface area contributed by atoms with Crippen molar-refractivity contribution in [2.24, 2.45) is 0 Å². The molecule has 4 N–H and O–H groups in total. The van der Waals surface area contributed by atoms with Gasteiger partial charge < -0.3 is 30.6 Å². The van der Waals surface area contributed by atoms with E-state index in [2.05, 4.69) is 20.6 Å².